The number of methoxy groups -OCH3 is 2. The van der Waals surface area contributed by atoms with Crippen LogP contribution in [-0.2, 0) is 13.1 Å². The van der Waals surface area contributed by atoms with Crippen LogP contribution in [0.4, 0.5) is 10.3 Å². The molecule has 0 unspecified atom stereocenters. The van der Waals surface area contributed by atoms with Crippen molar-refractivity contribution in [3.8, 4) is 34.0 Å². The Morgan fingerprint density at radius 1 is 0.467 bits per heavy atom. The first kappa shape index (κ1) is 39.9. The zero-order valence-electron chi connectivity index (χ0n) is 33.2. The summed E-state index contributed by atoms with van der Waals surface area (Å²) < 4.78 is 11.0. The van der Waals surface area contributed by atoms with Crippen molar-refractivity contribution in [2.45, 2.75) is 13.1 Å². The van der Waals surface area contributed by atoms with E-state index in [4.69, 9.17) is 19.4 Å². The van der Waals surface area contributed by atoms with Gasteiger partial charge in [0.2, 0.25) is 11.6 Å². The van der Waals surface area contributed by atoms with Gasteiger partial charge in [0, 0.05) is 48.4 Å². The number of benzene rings is 6. The molecule has 2 aromatic heterocycles. The fraction of sp³-hybridized carbons (Fsp3) is 0.120. The van der Waals surface area contributed by atoms with Crippen LogP contribution in [0.1, 0.15) is 41.6 Å². The molecule has 298 valence electrons. The minimum atomic E-state index is -0.0735. The molecule has 0 fully saturated rings. The predicted octanol–water partition coefficient (Wildman–Crippen LogP) is 11.1. The van der Waals surface area contributed by atoms with E-state index in [0.717, 1.165) is 44.0 Å². The Kier molecular flexibility index (Phi) is 12.5. The Morgan fingerprint density at radius 3 is 1.13 bits per heavy atom. The Bertz CT molecular complexity index is 2460. The topological polar surface area (TPSA) is 84.9 Å². The molecule has 8 rings (SSSR count). The van der Waals surface area contributed by atoms with Gasteiger partial charge in [0.05, 0.1) is 25.6 Å². The maximum Gasteiger partial charge on any atom is 0.205 e. The highest BCUT2D eigenvalue weighted by Crippen LogP contribution is 2.38. The average molecular weight is 827 g/mol. The van der Waals surface area contributed by atoms with Crippen LogP contribution in [0.2, 0.25) is 0 Å². The van der Waals surface area contributed by atoms with E-state index in [9.17, 15) is 9.59 Å². The Labute approximate surface area is 358 Å². The van der Waals surface area contributed by atoms with E-state index in [-0.39, 0.29) is 11.6 Å². The smallest absolute Gasteiger partial charge is 0.205 e. The largest absolute Gasteiger partial charge is 0.497 e. The normalized spacial score (nSPS) is 10.9. The van der Waals surface area contributed by atoms with Crippen LogP contribution in [-0.4, -0.2) is 48.8 Å². The van der Waals surface area contributed by atoms with Crippen LogP contribution < -0.4 is 19.3 Å². The van der Waals surface area contributed by atoms with Gasteiger partial charge in [-0.1, -0.05) is 168 Å². The summed E-state index contributed by atoms with van der Waals surface area (Å²) in [6.45, 7) is 2.08. The first-order valence-electron chi connectivity index (χ1n) is 19.5. The van der Waals surface area contributed by atoms with Gasteiger partial charge in [0.15, 0.2) is 10.3 Å². The number of ether oxygens (including phenoxy) is 2. The quantitative estimate of drug-likeness (QED) is 0.0839. The fourth-order valence-electron chi connectivity index (χ4n) is 6.85. The molecule has 60 heavy (non-hydrogen) atoms. The maximum absolute atomic E-state index is 14.2. The van der Waals surface area contributed by atoms with Crippen molar-refractivity contribution in [2.75, 3.05) is 37.1 Å². The number of carbonyl (C=O) groups excluding carboxylic acids is 2. The van der Waals surface area contributed by atoms with Crippen molar-refractivity contribution < 1.29 is 19.1 Å². The van der Waals surface area contributed by atoms with Gasteiger partial charge < -0.3 is 19.3 Å². The van der Waals surface area contributed by atoms with Gasteiger partial charge in [-0.15, -0.1) is 0 Å². The Morgan fingerprint density at radius 2 is 0.800 bits per heavy atom. The van der Waals surface area contributed by atoms with Crippen molar-refractivity contribution in [3.63, 3.8) is 0 Å². The molecule has 8 aromatic rings. The van der Waals surface area contributed by atoms with E-state index < -0.39 is 0 Å². The van der Waals surface area contributed by atoms with Gasteiger partial charge in [-0.2, -0.15) is 0 Å². The van der Waals surface area contributed by atoms with Crippen LogP contribution in [0, 0.1) is 0 Å². The van der Waals surface area contributed by atoms with Crippen molar-refractivity contribution in [1.82, 2.24) is 9.97 Å². The molecule has 0 radical (unpaired) electrons. The lowest BCUT2D eigenvalue weighted by Crippen LogP contribution is -2.35. The summed E-state index contributed by atoms with van der Waals surface area (Å²) in [5.74, 6) is 1.39. The summed E-state index contributed by atoms with van der Waals surface area (Å²) in [6.07, 6.45) is 0. The van der Waals surface area contributed by atoms with Crippen molar-refractivity contribution >= 4 is 44.5 Å². The van der Waals surface area contributed by atoms with E-state index >= 15 is 0 Å². The van der Waals surface area contributed by atoms with Gasteiger partial charge in [-0.05, 0) is 35.4 Å². The fourth-order valence-corrected chi connectivity index (χ4v) is 9.00. The molecule has 0 aliphatic carbocycles. The highest BCUT2D eigenvalue weighted by atomic mass is 32.1. The minimum Gasteiger partial charge on any atom is -0.497 e. The number of aromatic nitrogens is 2. The summed E-state index contributed by atoms with van der Waals surface area (Å²) in [7, 11) is 3.32. The second-order valence-electron chi connectivity index (χ2n) is 14.0. The number of hydrogen-bond acceptors (Lipinski definition) is 10. The van der Waals surface area contributed by atoms with Crippen LogP contribution in [0.25, 0.3) is 22.5 Å². The lowest BCUT2D eigenvalue weighted by molar-refractivity contribution is 0.103. The maximum atomic E-state index is 14.2. The second kappa shape index (κ2) is 18.8. The third-order valence-electron chi connectivity index (χ3n) is 10.1. The third kappa shape index (κ3) is 9.20. The summed E-state index contributed by atoms with van der Waals surface area (Å²) in [5, 5.41) is 1.44. The van der Waals surface area contributed by atoms with Crippen molar-refractivity contribution in [3.05, 3.63) is 202 Å². The van der Waals surface area contributed by atoms with Gasteiger partial charge in [0.1, 0.15) is 21.3 Å². The van der Waals surface area contributed by atoms with Crippen LogP contribution in [0.15, 0.2) is 170 Å². The summed E-state index contributed by atoms with van der Waals surface area (Å²) >= 11 is 2.81. The first-order valence-corrected chi connectivity index (χ1v) is 21.2. The lowest BCUT2D eigenvalue weighted by Gasteiger charge is -2.28. The number of hydrogen-bond donors (Lipinski definition) is 0. The van der Waals surface area contributed by atoms with E-state index in [1.165, 1.54) is 22.7 Å². The number of anilines is 2. The van der Waals surface area contributed by atoms with Gasteiger partial charge in [-0.3, -0.25) is 9.59 Å². The molecule has 0 saturated heterocycles. The Balaban J connectivity index is 1.21. The standard InChI is InChI=1S/C50H42N4O4S2/c1-57-41-27-23-35(24-28-41)33-53(49-51-43(37-15-7-3-8-16-37)47(59-49)45(55)39-19-11-5-12-20-39)31-32-54(34-36-25-29-42(58-2)30-26-36)50-52-44(38-17-9-4-10-18-38)48(60-50)46(56)40-21-13-6-14-22-40/h3-30H,31-34H2,1-2H3. The molecule has 0 atom stereocenters. The van der Waals surface area contributed by atoms with Gasteiger partial charge >= 0.3 is 0 Å². The molecule has 0 amide bonds. The molecule has 0 spiro atoms. The zero-order valence-corrected chi connectivity index (χ0v) is 34.9. The monoisotopic (exact) mass is 826 g/mol. The molecule has 0 N–H and O–H groups in total. The van der Waals surface area contributed by atoms with Crippen LogP contribution in [0.3, 0.4) is 0 Å². The van der Waals surface area contributed by atoms with Crippen molar-refractivity contribution in [2.24, 2.45) is 0 Å². The molecule has 0 aliphatic heterocycles. The van der Waals surface area contributed by atoms with Crippen LogP contribution >= 0.6 is 22.7 Å². The molecule has 2 heterocycles. The summed E-state index contributed by atoms with van der Waals surface area (Å²) in [4.78, 5) is 44.5. The number of thiazole rings is 2. The molecule has 10 heteroatoms. The molecule has 6 aromatic carbocycles. The van der Waals surface area contributed by atoms with E-state index in [1.54, 1.807) is 14.2 Å². The predicted molar refractivity (Wildman–Crippen MR) is 243 cm³/mol. The molecule has 0 aliphatic rings. The molecule has 0 bridgehead atoms. The minimum absolute atomic E-state index is 0.0735. The Hall–Kier alpha value is -6.88. The van der Waals surface area contributed by atoms with Gasteiger partial charge in [0.25, 0.3) is 0 Å². The van der Waals surface area contributed by atoms with Crippen molar-refractivity contribution in [1.29, 1.82) is 0 Å². The van der Waals surface area contributed by atoms with E-state index in [0.29, 0.717) is 58.4 Å². The number of rotatable bonds is 17. The van der Waals surface area contributed by atoms with Gasteiger partial charge in [-0.25, -0.2) is 9.97 Å². The SMILES string of the molecule is COc1ccc(CN(CCN(Cc2ccc(OC)cc2)c2nc(-c3ccccc3)c(C(=O)c3ccccc3)s2)c2nc(-c3ccccc3)c(C(=O)c3ccccc3)s2)cc1. The molecule has 8 nitrogen and oxygen atoms in total. The molecule has 0 saturated carbocycles. The van der Waals surface area contributed by atoms with E-state index in [1.807, 2.05) is 146 Å². The number of carbonyl (C=O) groups is 2. The summed E-state index contributed by atoms with van der Waals surface area (Å²) in [6, 6.07) is 54.5. The molecular formula is C50H42N4O4S2. The zero-order chi connectivity index (χ0) is 41.3. The second-order valence-corrected chi connectivity index (χ2v) is 16.0. The molecular weight excluding hydrogens is 785 g/mol. The highest BCUT2D eigenvalue weighted by Gasteiger charge is 2.27. The average Bonchev–Trinajstić information content (AvgIpc) is 3.97. The number of nitrogens with zero attached hydrogens (tertiary/aromatic N) is 4. The highest BCUT2D eigenvalue weighted by molar-refractivity contribution is 7.18. The van der Waals surface area contributed by atoms with Crippen LogP contribution in [0.5, 0.6) is 11.5 Å². The summed E-state index contributed by atoms with van der Waals surface area (Å²) in [5.41, 5.74) is 6.37. The first-order chi connectivity index (χ1) is 29.5. The number of ketones is 2. The lowest BCUT2D eigenvalue weighted by atomic mass is 10.1. The third-order valence-corrected chi connectivity index (χ3v) is 12.3. The van der Waals surface area contributed by atoms with E-state index in [2.05, 4.69) is 34.1 Å².